The number of nitrogens with zero attached hydrogens (tertiary/aromatic N) is 2. The number of aliphatic hydroxyl groups is 1. The highest BCUT2D eigenvalue weighted by atomic mass is 16.2. The number of rotatable bonds is 6. The van der Waals surface area contributed by atoms with Crippen molar-refractivity contribution in [2.24, 2.45) is 0 Å². The van der Waals surface area contributed by atoms with E-state index in [2.05, 4.69) is 19.0 Å². The minimum absolute atomic E-state index is 0.239. The van der Waals surface area contributed by atoms with Gasteiger partial charge in [0.15, 0.2) is 0 Å². The largest absolute Gasteiger partial charge is 0.396 e. The number of unbranched alkanes of at least 4 members (excludes halogenated alkanes) is 2. The maximum atomic E-state index is 11.9. The van der Waals surface area contributed by atoms with Crippen molar-refractivity contribution in [2.45, 2.75) is 44.6 Å². The molecule has 1 aliphatic heterocycles. The Morgan fingerprint density at radius 2 is 1.88 bits per heavy atom. The number of carbonyl (C=O) groups excluding carboxylic acids is 1. The van der Waals surface area contributed by atoms with Crippen molar-refractivity contribution in [2.75, 3.05) is 33.8 Å². The third-order valence-corrected chi connectivity index (χ3v) is 3.60. The van der Waals surface area contributed by atoms with Crippen LogP contribution in [0.2, 0.25) is 0 Å². The van der Waals surface area contributed by atoms with Crippen LogP contribution in [-0.2, 0) is 4.79 Å². The molecule has 0 bridgehead atoms. The Morgan fingerprint density at radius 3 is 2.41 bits per heavy atom. The number of aliphatic hydroxyl groups excluding tert-OH is 1. The van der Waals surface area contributed by atoms with Crippen LogP contribution in [0.15, 0.2) is 0 Å². The van der Waals surface area contributed by atoms with Gasteiger partial charge in [-0.05, 0) is 39.8 Å². The normalized spacial score (nSPS) is 17.8. The van der Waals surface area contributed by atoms with Crippen molar-refractivity contribution >= 4 is 5.91 Å². The molecule has 1 heterocycles. The van der Waals surface area contributed by atoms with Gasteiger partial charge in [-0.3, -0.25) is 4.79 Å². The summed E-state index contributed by atoms with van der Waals surface area (Å²) in [5.74, 6) is 0.292. The molecule has 0 aliphatic carbocycles. The number of likely N-dealkylation sites (tertiary alicyclic amines) is 1. The Hall–Kier alpha value is -0.610. The predicted molar refractivity (Wildman–Crippen MR) is 68.8 cm³/mol. The lowest BCUT2D eigenvalue weighted by molar-refractivity contribution is -0.132. The monoisotopic (exact) mass is 242 g/mol. The van der Waals surface area contributed by atoms with Gasteiger partial charge in [0, 0.05) is 32.2 Å². The SMILES string of the molecule is CN(C)C1CCN(C(=O)CCCCCO)CC1. The molecule has 0 atom stereocenters. The second-order valence-corrected chi connectivity index (χ2v) is 5.11. The highest BCUT2D eigenvalue weighted by Crippen LogP contribution is 2.15. The molecule has 1 N–H and O–H groups in total. The van der Waals surface area contributed by atoms with Gasteiger partial charge >= 0.3 is 0 Å². The predicted octanol–water partition coefficient (Wildman–Crippen LogP) is 1.09. The molecule has 1 aliphatic rings. The van der Waals surface area contributed by atoms with E-state index in [-0.39, 0.29) is 6.61 Å². The second-order valence-electron chi connectivity index (χ2n) is 5.11. The number of hydrogen-bond donors (Lipinski definition) is 1. The topological polar surface area (TPSA) is 43.8 Å². The van der Waals surface area contributed by atoms with Gasteiger partial charge in [-0.25, -0.2) is 0 Å². The summed E-state index contributed by atoms with van der Waals surface area (Å²) in [7, 11) is 4.22. The van der Waals surface area contributed by atoms with Crippen molar-refractivity contribution in [3.63, 3.8) is 0 Å². The first-order chi connectivity index (χ1) is 8.15. The molecule has 0 unspecified atom stereocenters. The standard InChI is InChI=1S/C13H26N2O2/c1-14(2)12-7-9-15(10-8-12)13(17)6-4-3-5-11-16/h12,16H,3-11H2,1-2H3. The summed E-state index contributed by atoms with van der Waals surface area (Å²) in [6.07, 6.45) is 5.51. The highest BCUT2D eigenvalue weighted by molar-refractivity contribution is 5.76. The molecule has 1 amide bonds. The molecule has 1 saturated heterocycles. The van der Waals surface area contributed by atoms with Gasteiger partial charge < -0.3 is 14.9 Å². The van der Waals surface area contributed by atoms with E-state index < -0.39 is 0 Å². The average Bonchev–Trinajstić information content (AvgIpc) is 2.34. The molecule has 0 radical (unpaired) electrons. The molecule has 17 heavy (non-hydrogen) atoms. The number of carbonyl (C=O) groups is 1. The third-order valence-electron chi connectivity index (χ3n) is 3.60. The van der Waals surface area contributed by atoms with E-state index in [9.17, 15) is 4.79 Å². The summed E-state index contributed by atoms with van der Waals surface area (Å²) in [5, 5.41) is 8.66. The first-order valence-electron chi connectivity index (χ1n) is 6.70. The maximum absolute atomic E-state index is 11.9. The first-order valence-corrected chi connectivity index (χ1v) is 6.70. The van der Waals surface area contributed by atoms with Gasteiger partial charge in [-0.1, -0.05) is 6.42 Å². The molecule has 0 aromatic carbocycles. The second kappa shape index (κ2) is 7.67. The van der Waals surface area contributed by atoms with E-state index in [1.807, 2.05) is 4.90 Å². The molecular formula is C13H26N2O2. The van der Waals surface area contributed by atoms with Crippen LogP contribution in [0.4, 0.5) is 0 Å². The molecule has 0 spiro atoms. The lowest BCUT2D eigenvalue weighted by Gasteiger charge is -2.35. The Balaban J connectivity index is 2.17. The molecule has 0 aromatic rings. The van der Waals surface area contributed by atoms with E-state index >= 15 is 0 Å². The van der Waals surface area contributed by atoms with Crippen LogP contribution in [0.25, 0.3) is 0 Å². The molecule has 4 nitrogen and oxygen atoms in total. The Morgan fingerprint density at radius 1 is 1.24 bits per heavy atom. The Bertz CT molecular complexity index is 223. The lowest BCUT2D eigenvalue weighted by Crippen LogP contribution is -2.44. The molecule has 1 fully saturated rings. The van der Waals surface area contributed by atoms with Gasteiger partial charge in [0.25, 0.3) is 0 Å². The zero-order valence-corrected chi connectivity index (χ0v) is 11.2. The van der Waals surface area contributed by atoms with Crippen LogP contribution in [0.3, 0.4) is 0 Å². The molecular weight excluding hydrogens is 216 g/mol. The number of amides is 1. The van der Waals surface area contributed by atoms with E-state index in [1.165, 1.54) is 0 Å². The van der Waals surface area contributed by atoms with E-state index in [0.29, 0.717) is 18.4 Å². The van der Waals surface area contributed by atoms with E-state index in [4.69, 9.17) is 5.11 Å². The van der Waals surface area contributed by atoms with Crippen molar-refractivity contribution in [1.29, 1.82) is 0 Å². The van der Waals surface area contributed by atoms with Gasteiger partial charge in [-0.15, -0.1) is 0 Å². The summed E-state index contributed by atoms with van der Waals surface area (Å²) < 4.78 is 0. The van der Waals surface area contributed by atoms with Gasteiger partial charge in [0.2, 0.25) is 5.91 Å². The van der Waals surface area contributed by atoms with Crippen LogP contribution < -0.4 is 0 Å². The zero-order valence-electron chi connectivity index (χ0n) is 11.2. The minimum atomic E-state index is 0.239. The fraction of sp³-hybridized carbons (Fsp3) is 0.923. The summed E-state index contributed by atoms with van der Waals surface area (Å²) >= 11 is 0. The average molecular weight is 242 g/mol. The highest BCUT2D eigenvalue weighted by Gasteiger charge is 2.23. The van der Waals surface area contributed by atoms with Crippen molar-refractivity contribution in [1.82, 2.24) is 9.80 Å². The van der Waals surface area contributed by atoms with Crippen molar-refractivity contribution < 1.29 is 9.90 Å². The first kappa shape index (κ1) is 14.5. The molecule has 100 valence electrons. The Labute approximate surface area is 105 Å². The molecule has 0 saturated carbocycles. The Kier molecular flexibility index (Phi) is 6.52. The number of piperidine rings is 1. The fourth-order valence-corrected chi connectivity index (χ4v) is 2.35. The summed E-state index contributed by atoms with van der Waals surface area (Å²) in [4.78, 5) is 16.1. The summed E-state index contributed by atoms with van der Waals surface area (Å²) in [6, 6.07) is 0.633. The van der Waals surface area contributed by atoms with E-state index in [0.717, 1.165) is 45.2 Å². The van der Waals surface area contributed by atoms with E-state index in [1.54, 1.807) is 0 Å². The van der Waals surface area contributed by atoms with Crippen molar-refractivity contribution in [3.8, 4) is 0 Å². The maximum Gasteiger partial charge on any atom is 0.222 e. The van der Waals surface area contributed by atoms with Gasteiger partial charge in [0.1, 0.15) is 0 Å². The third kappa shape index (κ3) is 5.04. The molecule has 0 aromatic heterocycles. The van der Waals surface area contributed by atoms with Gasteiger partial charge in [-0.2, -0.15) is 0 Å². The van der Waals surface area contributed by atoms with Crippen LogP contribution in [0.1, 0.15) is 38.5 Å². The quantitative estimate of drug-likeness (QED) is 0.709. The van der Waals surface area contributed by atoms with Crippen LogP contribution in [0.5, 0.6) is 0 Å². The summed E-state index contributed by atoms with van der Waals surface area (Å²) in [6.45, 7) is 2.05. The van der Waals surface area contributed by atoms with Crippen LogP contribution >= 0.6 is 0 Å². The lowest BCUT2D eigenvalue weighted by atomic mass is 10.0. The van der Waals surface area contributed by atoms with Crippen LogP contribution in [-0.4, -0.2) is 60.6 Å². The smallest absolute Gasteiger partial charge is 0.222 e. The van der Waals surface area contributed by atoms with Crippen LogP contribution in [0, 0.1) is 0 Å². The fourth-order valence-electron chi connectivity index (χ4n) is 2.35. The molecule has 4 heteroatoms. The molecule has 1 rings (SSSR count). The van der Waals surface area contributed by atoms with Crippen molar-refractivity contribution in [3.05, 3.63) is 0 Å². The summed E-state index contributed by atoms with van der Waals surface area (Å²) in [5.41, 5.74) is 0. The number of hydrogen-bond acceptors (Lipinski definition) is 3. The van der Waals surface area contributed by atoms with Gasteiger partial charge in [0.05, 0.1) is 0 Å². The minimum Gasteiger partial charge on any atom is -0.396 e. The zero-order chi connectivity index (χ0) is 12.7.